The smallest absolute Gasteiger partial charge is 0.257 e. The van der Waals surface area contributed by atoms with Crippen LogP contribution in [0.25, 0.3) is 5.95 Å². The van der Waals surface area contributed by atoms with E-state index in [1.54, 1.807) is 35.5 Å². The summed E-state index contributed by atoms with van der Waals surface area (Å²) >= 11 is 0. The van der Waals surface area contributed by atoms with Crippen LogP contribution in [0.4, 0.5) is 11.9 Å². The molecule has 0 aromatic carbocycles. The summed E-state index contributed by atoms with van der Waals surface area (Å²) in [6.07, 6.45) is 6.76. The Balaban J connectivity index is 1.73. The number of nitrogens with one attached hydrogen (secondary N) is 2. The molecule has 0 unspecified atom stereocenters. The van der Waals surface area contributed by atoms with E-state index in [1.807, 2.05) is 0 Å². The molecule has 3 aromatic heterocycles. The lowest BCUT2D eigenvalue weighted by molar-refractivity contribution is 0.607. The Labute approximate surface area is 119 Å². The lowest BCUT2D eigenvalue weighted by Gasteiger charge is -2.08. The second kappa shape index (κ2) is 5.92. The first-order chi connectivity index (χ1) is 10.3. The maximum atomic E-state index is 5.36. The highest BCUT2D eigenvalue weighted by atomic mass is 15.4. The summed E-state index contributed by atoms with van der Waals surface area (Å²) < 4.78 is 3.22. The van der Waals surface area contributed by atoms with E-state index in [0.29, 0.717) is 25.0 Å². The molecule has 3 rings (SSSR count). The molecule has 0 aliphatic rings. The van der Waals surface area contributed by atoms with E-state index in [-0.39, 0.29) is 5.95 Å². The van der Waals surface area contributed by atoms with Gasteiger partial charge >= 0.3 is 0 Å². The van der Waals surface area contributed by atoms with Crippen molar-refractivity contribution in [2.45, 2.75) is 6.54 Å². The van der Waals surface area contributed by atoms with Crippen molar-refractivity contribution >= 4 is 11.9 Å². The zero-order chi connectivity index (χ0) is 14.5. The molecule has 4 N–H and O–H groups in total. The minimum Gasteiger partial charge on any atom is -0.352 e. The number of hydrogen-bond donors (Lipinski definition) is 3. The van der Waals surface area contributed by atoms with Crippen LogP contribution in [0.5, 0.6) is 0 Å². The summed E-state index contributed by atoms with van der Waals surface area (Å²) in [7, 11) is 0. The first-order valence-electron chi connectivity index (χ1n) is 6.16. The van der Waals surface area contributed by atoms with Crippen molar-refractivity contribution in [3.63, 3.8) is 0 Å². The highest BCUT2D eigenvalue weighted by molar-refractivity contribution is 5.36. The van der Waals surface area contributed by atoms with Gasteiger partial charge in [0.2, 0.25) is 11.9 Å². The maximum Gasteiger partial charge on any atom is 0.257 e. The fraction of sp³-hybridized carbons (Fsp3) is 0.200. The molecule has 0 atom stereocenters. The Morgan fingerprint density at radius 1 is 1.10 bits per heavy atom. The van der Waals surface area contributed by atoms with E-state index in [2.05, 4.69) is 41.1 Å². The second-order valence-corrected chi connectivity index (χ2v) is 3.97. The first kappa shape index (κ1) is 12.9. The molecule has 0 amide bonds. The fourth-order valence-corrected chi connectivity index (χ4v) is 1.63. The number of nitrogen functional groups attached to an aromatic ring is 1. The topological polar surface area (TPSA) is 137 Å². The van der Waals surface area contributed by atoms with Crippen LogP contribution < -0.4 is 16.6 Å². The predicted octanol–water partition coefficient (Wildman–Crippen LogP) is -0.954. The number of nitrogens with two attached hydrogens (primary N) is 1. The SMILES string of the molecule is NNc1nc(NCCn2ccnn2)nc(-n2cccn2)n1. The molecular weight excluding hydrogens is 274 g/mol. The quantitative estimate of drug-likeness (QED) is 0.387. The summed E-state index contributed by atoms with van der Waals surface area (Å²) in [5, 5.41) is 14.7. The Kier molecular flexibility index (Phi) is 3.64. The summed E-state index contributed by atoms with van der Waals surface area (Å²) in [6.45, 7) is 1.21. The monoisotopic (exact) mass is 287 g/mol. The maximum absolute atomic E-state index is 5.36. The van der Waals surface area contributed by atoms with Crippen molar-refractivity contribution in [1.29, 1.82) is 0 Å². The van der Waals surface area contributed by atoms with Crippen LogP contribution in [0.1, 0.15) is 0 Å². The number of hydrazine groups is 1. The molecule has 0 aliphatic heterocycles. The van der Waals surface area contributed by atoms with E-state index < -0.39 is 0 Å². The Morgan fingerprint density at radius 3 is 2.71 bits per heavy atom. The zero-order valence-corrected chi connectivity index (χ0v) is 11.0. The third kappa shape index (κ3) is 3.09. The van der Waals surface area contributed by atoms with Gasteiger partial charge in [0.25, 0.3) is 5.95 Å². The van der Waals surface area contributed by atoms with Crippen LogP contribution in [0.3, 0.4) is 0 Å². The van der Waals surface area contributed by atoms with Crippen LogP contribution in [-0.2, 0) is 6.54 Å². The van der Waals surface area contributed by atoms with Crippen molar-refractivity contribution in [3.05, 3.63) is 30.9 Å². The zero-order valence-electron chi connectivity index (χ0n) is 11.0. The Morgan fingerprint density at radius 2 is 2.00 bits per heavy atom. The van der Waals surface area contributed by atoms with Crippen molar-refractivity contribution in [2.24, 2.45) is 5.84 Å². The van der Waals surface area contributed by atoms with Gasteiger partial charge in [-0.1, -0.05) is 5.21 Å². The lowest BCUT2D eigenvalue weighted by Crippen LogP contribution is -2.18. The molecule has 0 saturated heterocycles. The highest BCUT2D eigenvalue weighted by Crippen LogP contribution is 2.07. The minimum atomic E-state index is 0.249. The molecule has 108 valence electrons. The van der Waals surface area contributed by atoms with Crippen LogP contribution in [0.2, 0.25) is 0 Å². The summed E-state index contributed by atoms with van der Waals surface area (Å²) in [4.78, 5) is 12.5. The number of rotatable bonds is 6. The summed E-state index contributed by atoms with van der Waals surface area (Å²) in [5.74, 6) is 6.37. The van der Waals surface area contributed by atoms with Gasteiger partial charge in [-0.15, -0.1) is 5.10 Å². The molecule has 3 aromatic rings. The average Bonchev–Trinajstić information content (AvgIpc) is 3.20. The molecule has 0 aliphatic carbocycles. The second-order valence-electron chi connectivity index (χ2n) is 3.97. The Bertz CT molecular complexity index is 675. The van der Waals surface area contributed by atoms with E-state index in [4.69, 9.17) is 5.84 Å². The molecule has 21 heavy (non-hydrogen) atoms. The van der Waals surface area contributed by atoms with Gasteiger partial charge in [0.1, 0.15) is 0 Å². The van der Waals surface area contributed by atoms with Gasteiger partial charge < -0.3 is 5.32 Å². The van der Waals surface area contributed by atoms with E-state index in [9.17, 15) is 0 Å². The van der Waals surface area contributed by atoms with E-state index in [1.165, 1.54) is 4.68 Å². The molecular formula is C10H13N11. The van der Waals surface area contributed by atoms with Gasteiger partial charge in [0, 0.05) is 25.1 Å². The molecule has 0 fully saturated rings. The van der Waals surface area contributed by atoms with Gasteiger partial charge in [-0.25, -0.2) is 10.5 Å². The third-order valence-corrected chi connectivity index (χ3v) is 2.56. The molecule has 0 spiro atoms. The number of nitrogens with zero attached hydrogens (tertiary/aromatic N) is 8. The predicted molar refractivity (Wildman–Crippen MR) is 73.3 cm³/mol. The fourth-order valence-electron chi connectivity index (χ4n) is 1.63. The number of hydrogen-bond acceptors (Lipinski definition) is 9. The van der Waals surface area contributed by atoms with Crippen LogP contribution >= 0.6 is 0 Å². The van der Waals surface area contributed by atoms with Crippen molar-refractivity contribution in [2.75, 3.05) is 17.3 Å². The minimum absolute atomic E-state index is 0.249. The highest BCUT2D eigenvalue weighted by Gasteiger charge is 2.07. The molecule has 3 heterocycles. The molecule has 0 bridgehead atoms. The standard InChI is InChI=1S/C10H13N11/c11-18-9-15-8(12-3-6-20-7-4-13-19-20)16-10(17-9)21-5-1-2-14-21/h1-2,4-5,7H,3,6,11H2,(H2,12,15,16,17,18). The summed E-state index contributed by atoms with van der Waals surface area (Å²) in [6, 6.07) is 1.77. The largest absolute Gasteiger partial charge is 0.352 e. The molecule has 0 saturated carbocycles. The molecule has 11 nitrogen and oxygen atoms in total. The number of anilines is 2. The average molecular weight is 287 g/mol. The van der Waals surface area contributed by atoms with E-state index in [0.717, 1.165) is 0 Å². The molecule has 11 heteroatoms. The van der Waals surface area contributed by atoms with Crippen LogP contribution in [0.15, 0.2) is 30.9 Å². The van der Waals surface area contributed by atoms with Crippen molar-refractivity contribution < 1.29 is 0 Å². The Hall–Kier alpha value is -3.08. The lowest BCUT2D eigenvalue weighted by atomic mass is 10.6. The van der Waals surface area contributed by atoms with Gasteiger partial charge in [0.15, 0.2) is 0 Å². The van der Waals surface area contributed by atoms with Gasteiger partial charge in [0.05, 0.1) is 12.7 Å². The molecule has 0 radical (unpaired) electrons. The normalized spacial score (nSPS) is 10.5. The van der Waals surface area contributed by atoms with Crippen molar-refractivity contribution in [3.8, 4) is 5.95 Å². The number of aromatic nitrogens is 8. The van der Waals surface area contributed by atoms with Gasteiger partial charge in [-0.2, -0.15) is 20.1 Å². The summed E-state index contributed by atoms with van der Waals surface area (Å²) in [5.41, 5.74) is 2.40. The van der Waals surface area contributed by atoms with Crippen LogP contribution in [-0.4, -0.2) is 46.3 Å². The van der Waals surface area contributed by atoms with Crippen molar-refractivity contribution in [1.82, 2.24) is 39.7 Å². The van der Waals surface area contributed by atoms with Gasteiger partial charge in [-0.3, -0.25) is 10.1 Å². The van der Waals surface area contributed by atoms with Crippen LogP contribution in [0, 0.1) is 0 Å². The third-order valence-electron chi connectivity index (χ3n) is 2.56. The first-order valence-corrected chi connectivity index (χ1v) is 6.16. The van der Waals surface area contributed by atoms with Gasteiger partial charge in [-0.05, 0) is 6.07 Å². The van der Waals surface area contributed by atoms with E-state index >= 15 is 0 Å².